The number of hydrogen-bond acceptors (Lipinski definition) is 5. The van der Waals surface area contributed by atoms with Crippen LogP contribution in [0.5, 0.6) is 0 Å². The van der Waals surface area contributed by atoms with Gasteiger partial charge in [0.15, 0.2) is 0 Å². The molecule has 2 aliphatic heterocycles. The quantitative estimate of drug-likeness (QED) is 0.692. The summed E-state index contributed by atoms with van der Waals surface area (Å²) in [7, 11) is 0. The topological polar surface area (TPSA) is 44.7 Å². The first-order valence-electron chi connectivity index (χ1n) is 9.59. The van der Waals surface area contributed by atoms with Gasteiger partial charge in [-0.1, -0.05) is 12.1 Å². The van der Waals surface area contributed by atoms with Crippen molar-refractivity contribution in [1.82, 2.24) is 4.31 Å². The number of alkyl halides is 3. The van der Waals surface area contributed by atoms with Gasteiger partial charge in [-0.3, -0.25) is 0 Å². The second-order valence-corrected chi connectivity index (χ2v) is 8.73. The zero-order valence-corrected chi connectivity index (χ0v) is 16.6. The largest absolute Gasteiger partial charge is 0.416 e. The van der Waals surface area contributed by atoms with E-state index in [0.717, 1.165) is 54.2 Å². The number of piperidine rings is 1. The lowest BCUT2D eigenvalue weighted by atomic mass is 9.92. The summed E-state index contributed by atoms with van der Waals surface area (Å²) < 4.78 is 45.3. The molecule has 0 radical (unpaired) electrons. The van der Waals surface area contributed by atoms with Gasteiger partial charge >= 0.3 is 6.18 Å². The van der Waals surface area contributed by atoms with E-state index in [1.54, 1.807) is 0 Å². The Hall–Kier alpha value is -1.74. The van der Waals surface area contributed by atoms with Crippen LogP contribution in [-0.4, -0.2) is 41.8 Å². The van der Waals surface area contributed by atoms with Gasteiger partial charge in [-0.2, -0.15) is 13.2 Å². The van der Waals surface area contributed by atoms with Crippen LogP contribution in [0, 0.1) is 0 Å². The number of anilines is 1. The Balaban J connectivity index is 1.25. The monoisotopic (exact) mass is 424 g/mol. The molecular weight excluding hydrogens is 401 g/mol. The summed E-state index contributed by atoms with van der Waals surface area (Å²) in [4.78, 5) is 0.818. The number of nitrogens with one attached hydrogen (secondary N) is 1. The first-order valence-corrected chi connectivity index (χ1v) is 10.4. The van der Waals surface area contributed by atoms with Crippen molar-refractivity contribution in [2.75, 3.05) is 31.6 Å². The fraction of sp³-hybridized carbons (Fsp3) is 0.429. The van der Waals surface area contributed by atoms with Crippen LogP contribution in [0.25, 0.3) is 0 Å². The molecule has 2 aromatic carbocycles. The molecule has 0 atom stereocenters. The molecule has 0 unspecified atom stereocenters. The number of ether oxygens (including phenoxy) is 1. The number of hydrogen-bond donors (Lipinski definition) is 2. The molecule has 4 nitrogen and oxygen atoms in total. The zero-order chi connectivity index (χ0) is 20.5. The number of halogens is 3. The molecule has 0 saturated carbocycles. The van der Waals surface area contributed by atoms with Crippen LogP contribution in [0.15, 0.2) is 53.4 Å². The second kappa shape index (κ2) is 8.18. The van der Waals surface area contributed by atoms with Gasteiger partial charge in [-0.05, 0) is 66.8 Å². The molecule has 2 N–H and O–H groups in total. The molecule has 0 amide bonds. The first kappa shape index (κ1) is 20.5. The molecule has 2 saturated heterocycles. The summed E-state index contributed by atoms with van der Waals surface area (Å²) in [5, 5.41) is 13.8. The molecule has 2 aliphatic rings. The SMILES string of the molecule is OC1(c2ccc(NC3CCN(Sc4ccc(C(F)(F)F)cc4)CC3)cc2)COC1. The van der Waals surface area contributed by atoms with Crippen molar-refractivity contribution in [3.8, 4) is 0 Å². The highest BCUT2D eigenvalue weighted by Gasteiger charge is 2.37. The minimum absolute atomic E-state index is 0.342. The Kier molecular flexibility index (Phi) is 5.79. The summed E-state index contributed by atoms with van der Waals surface area (Å²) in [6.07, 6.45) is -2.39. The van der Waals surface area contributed by atoms with Crippen LogP contribution in [0.3, 0.4) is 0 Å². The second-order valence-electron chi connectivity index (χ2n) is 7.56. The van der Waals surface area contributed by atoms with Crippen LogP contribution >= 0.6 is 11.9 Å². The molecule has 4 rings (SSSR count). The van der Waals surface area contributed by atoms with Crippen molar-refractivity contribution in [3.63, 3.8) is 0 Å². The third-order valence-electron chi connectivity index (χ3n) is 5.34. The fourth-order valence-electron chi connectivity index (χ4n) is 3.52. The van der Waals surface area contributed by atoms with Crippen LogP contribution in [0.1, 0.15) is 24.0 Å². The van der Waals surface area contributed by atoms with E-state index in [0.29, 0.717) is 19.3 Å². The van der Waals surface area contributed by atoms with E-state index >= 15 is 0 Å². The molecule has 8 heteroatoms. The van der Waals surface area contributed by atoms with Crippen LogP contribution < -0.4 is 5.32 Å². The van der Waals surface area contributed by atoms with Crippen LogP contribution in [0.2, 0.25) is 0 Å². The molecule has 0 aliphatic carbocycles. The van der Waals surface area contributed by atoms with Gasteiger partial charge < -0.3 is 15.2 Å². The molecule has 0 bridgehead atoms. The normalized spacial score (nSPS) is 20.3. The average Bonchev–Trinajstić information content (AvgIpc) is 2.68. The van der Waals surface area contributed by atoms with Gasteiger partial charge in [-0.15, -0.1) is 0 Å². The zero-order valence-electron chi connectivity index (χ0n) is 15.8. The standard InChI is InChI=1S/C21H23F3N2O2S/c22-21(23,24)16-3-7-19(8-4-16)29-26-11-9-18(10-12-26)25-17-5-1-15(2-6-17)20(27)13-28-14-20/h1-8,18,25,27H,9-14H2. The van der Waals surface area contributed by atoms with Crippen molar-refractivity contribution < 1.29 is 23.0 Å². The Bertz CT molecular complexity index is 815. The summed E-state index contributed by atoms with van der Waals surface area (Å²) in [5.74, 6) is 0. The van der Waals surface area contributed by atoms with Crippen molar-refractivity contribution in [2.45, 2.75) is 35.6 Å². The third-order valence-corrected chi connectivity index (χ3v) is 6.45. The predicted octanol–water partition coefficient (Wildman–Crippen LogP) is 4.51. The molecule has 0 spiro atoms. The lowest BCUT2D eigenvalue weighted by molar-refractivity contribution is -0.184. The maximum absolute atomic E-state index is 12.7. The predicted molar refractivity (Wildman–Crippen MR) is 107 cm³/mol. The highest BCUT2D eigenvalue weighted by atomic mass is 32.2. The van der Waals surface area contributed by atoms with Gasteiger partial charge in [0.05, 0.1) is 18.8 Å². The van der Waals surface area contributed by atoms with Crippen molar-refractivity contribution >= 4 is 17.6 Å². The van der Waals surface area contributed by atoms with Crippen LogP contribution in [0.4, 0.5) is 18.9 Å². The lowest BCUT2D eigenvalue weighted by Gasteiger charge is -2.37. The molecule has 2 fully saturated rings. The Labute approximate surface area is 172 Å². The van der Waals surface area contributed by atoms with E-state index in [1.165, 1.54) is 24.1 Å². The lowest BCUT2D eigenvalue weighted by Crippen LogP contribution is -2.46. The summed E-state index contributed by atoms with van der Waals surface area (Å²) in [6, 6.07) is 13.5. The average molecular weight is 424 g/mol. The van der Waals surface area contributed by atoms with Gasteiger partial charge in [0.1, 0.15) is 5.60 Å². The van der Waals surface area contributed by atoms with E-state index in [1.807, 2.05) is 24.3 Å². The number of rotatable bonds is 5. The Morgan fingerprint density at radius 2 is 1.62 bits per heavy atom. The van der Waals surface area contributed by atoms with Gasteiger partial charge in [-0.25, -0.2) is 4.31 Å². The van der Waals surface area contributed by atoms with Gasteiger partial charge in [0.25, 0.3) is 0 Å². The molecular formula is C21H23F3N2O2S. The maximum atomic E-state index is 12.7. The molecule has 29 heavy (non-hydrogen) atoms. The van der Waals surface area contributed by atoms with Crippen molar-refractivity contribution in [1.29, 1.82) is 0 Å². The van der Waals surface area contributed by atoms with Crippen molar-refractivity contribution in [3.05, 3.63) is 59.7 Å². The third kappa shape index (κ3) is 4.88. The minimum Gasteiger partial charge on any atom is -0.382 e. The highest BCUT2D eigenvalue weighted by Crippen LogP contribution is 2.33. The van der Waals surface area contributed by atoms with Crippen molar-refractivity contribution in [2.24, 2.45) is 0 Å². The Morgan fingerprint density at radius 3 is 2.14 bits per heavy atom. The minimum atomic E-state index is -4.30. The molecule has 2 heterocycles. The van der Waals surface area contributed by atoms with E-state index in [2.05, 4.69) is 9.62 Å². The summed E-state index contributed by atoms with van der Waals surface area (Å²) in [6.45, 7) is 2.40. The van der Waals surface area contributed by atoms with E-state index in [4.69, 9.17) is 4.74 Å². The number of benzene rings is 2. The number of aliphatic hydroxyl groups is 1. The molecule has 0 aromatic heterocycles. The summed E-state index contributed by atoms with van der Waals surface area (Å²) >= 11 is 1.50. The maximum Gasteiger partial charge on any atom is 0.416 e. The van der Waals surface area contributed by atoms with E-state index in [-0.39, 0.29) is 0 Å². The molecule has 156 valence electrons. The Morgan fingerprint density at radius 1 is 1.00 bits per heavy atom. The van der Waals surface area contributed by atoms with Crippen LogP contribution in [-0.2, 0) is 16.5 Å². The van der Waals surface area contributed by atoms with E-state index in [9.17, 15) is 18.3 Å². The molecule has 2 aromatic rings. The highest BCUT2D eigenvalue weighted by molar-refractivity contribution is 7.97. The van der Waals surface area contributed by atoms with Gasteiger partial charge in [0, 0.05) is 29.7 Å². The van der Waals surface area contributed by atoms with Gasteiger partial charge in [0.2, 0.25) is 0 Å². The summed E-state index contributed by atoms with van der Waals surface area (Å²) in [5.41, 5.74) is 0.426. The smallest absolute Gasteiger partial charge is 0.382 e. The number of nitrogens with zero attached hydrogens (tertiary/aromatic N) is 1. The van der Waals surface area contributed by atoms with E-state index < -0.39 is 17.3 Å². The fourth-order valence-corrected chi connectivity index (χ4v) is 4.47. The first-order chi connectivity index (χ1) is 13.8.